The standard InChI is InChI=1S/C23H26N4O4S/c1-4-13-27(14-20(28)24-18-11-7-5-9-16(18)2)21(29)15-32-23-26-25-22(31-23)17-10-6-8-12-19(17)30-3/h5-12H,4,13-15H2,1-3H3,(H,24,28). The number of aryl methyl sites for hydroxylation is 1. The predicted octanol–water partition coefficient (Wildman–Crippen LogP) is 4.02. The van der Waals surface area contributed by atoms with Crippen LogP contribution in [0.25, 0.3) is 11.5 Å². The summed E-state index contributed by atoms with van der Waals surface area (Å²) >= 11 is 1.14. The van der Waals surface area contributed by atoms with Crippen LogP contribution in [0.5, 0.6) is 5.75 Å². The van der Waals surface area contributed by atoms with Crippen LogP contribution in [0.3, 0.4) is 0 Å². The first-order valence-corrected chi connectivity index (χ1v) is 11.2. The van der Waals surface area contributed by atoms with Crippen molar-refractivity contribution >= 4 is 29.3 Å². The predicted molar refractivity (Wildman–Crippen MR) is 124 cm³/mol. The van der Waals surface area contributed by atoms with Crippen molar-refractivity contribution < 1.29 is 18.7 Å². The maximum atomic E-state index is 12.8. The molecule has 1 heterocycles. The van der Waals surface area contributed by atoms with Crippen molar-refractivity contribution in [3.05, 3.63) is 54.1 Å². The minimum Gasteiger partial charge on any atom is -0.496 e. The summed E-state index contributed by atoms with van der Waals surface area (Å²) in [6, 6.07) is 14.9. The number of methoxy groups -OCH3 is 1. The van der Waals surface area contributed by atoms with E-state index in [0.29, 0.717) is 23.7 Å². The van der Waals surface area contributed by atoms with E-state index < -0.39 is 0 Å². The summed E-state index contributed by atoms with van der Waals surface area (Å²) < 4.78 is 11.0. The molecule has 1 aromatic heterocycles. The van der Waals surface area contributed by atoms with E-state index in [9.17, 15) is 9.59 Å². The van der Waals surface area contributed by atoms with Crippen molar-refractivity contribution in [2.45, 2.75) is 25.5 Å². The van der Waals surface area contributed by atoms with E-state index in [-0.39, 0.29) is 29.3 Å². The van der Waals surface area contributed by atoms with Gasteiger partial charge in [0, 0.05) is 12.2 Å². The Morgan fingerprint density at radius 2 is 1.88 bits per heavy atom. The van der Waals surface area contributed by atoms with Gasteiger partial charge in [0.1, 0.15) is 5.75 Å². The molecule has 3 aromatic rings. The zero-order chi connectivity index (χ0) is 22.9. The van der Waals surface area contributed by atoms with Gasteiger partial charge in [0.05, 0.1) is 25.0 Å². The van der Waals surface area contributed by atoms with E-state index in [1.165, 1.54) is 4.90 Å². The molecule has 0 aliphatic carbocycles. The highest BCUT2D eigenvalue weighted by molar-refractivity contribution is 7.99. The SMILES string of the molecule is CCCN(CC(=O)Nc1ccccc1C)C(=O)CSc1nnc(-c2ccccc2OC)o1. The third kappa shape index (κ3) is 6.10. The van der Waals surface area contributed by atoms with E-state index in [0.717, 1.165) is 29.4 Å². The second-order valence-corrected chi connectivity index (χ2v) is 7.97. The molecule has 8 nitrogen and oxygen atoms in total. The maximum Gasteiger partial charge on any atom is 0.277 e. The Kier molecular flexibility index (Phi) is 8.27. The third-order valence-electron chi connectivity index (χ3n) is 4.66. The van der Waals surface area contributed by atoms with Gasteiger partial charge in [-0.25, -0.2) is 0 Å². The number of nitrogens with one attached hydrogen (secondary N) is 1. The Labute approximate surface area is 191 Å². The van der Waals surface area contributed by atoms with Crippen molar-refractivity contribution in [3.8, 4) is 17.2 Å². The molecule has 0 atom stereocenters. The fourth-order valence-corrected chi connectivity index (χ4v) is 3.72. The number of anilines is 1. The molecule has 9 heteroatoms. The van der Waals surface area contributed by atoms with Crippen LogP contribution in [0.1, 0.15) is 18.9 Å². The molecule has 0 spiro atoms. The minimum absolute atomic E-state index is 0.0160. The number of carbonyl (C=O) groups is 2. The molecule has 1 N–H and O–H groups in total. The highest BCUT2D eigenvalue weighted by Gasteiger charge is 2.19. The average Bonchev–Trinajstić information content (AvgIpc) is 3.27. The van der Waals surface area contributed by atoms with Crippen LogP contribution in [0.4, 0.5) is 5.69 Å². The monoisotopic (exact) mass is 454 g/mol. The molecule has 2 amide bonds. The minimum atomic E-state index is -0.234. The van der Waals surface area contributed by atoms with Crippen LogP contribution < -0.4 is 10.1 Å². The van der Waals surface area contributed by atoms with Gasteiger partial charge in [-0.15, -0.1) is 10.2 Å². The van der Waals surface area contributed by atoms with Gasteiger partial charge in [-0.1, -0.05) is 49.0 Å². The molecule has 168 valence electrons. The molecule has 0 saturated carbocycles. The van der Waals surface area contributed by atoms with Crippen LogP contribution >= 0.6 is 11.8 Å². The summed E-state index contributed by atoms with van der Waals surface area (Å²) in [5, 5.41) is 11.2. The molecule has 0 fully saturated rings. The second kappa shape index (κ2) is 11.3. The lowest BCUT2D eigenvalue weighted by molar-refractivity contribution is -0.132. The number of rotatable bonds is 10. The van der Waals surface area contributed by atoms with Gasteiger partial charge in [0.15, 0.2) is 0 Å². The number of thioether (sulfide) groups is 1. The number of benzene rings is 2. The highest BCUT2D eigenvalue weighted by atomic mass is 32.2. The molecule has 0 aliphatic heterocycles. The zero-order valence-electron chi connectivity index (χ0n) is 18.3. The highest BCUT2D eigenvalue weighted by Crippen LogP contribution is 2.30. The first kappa shape index (κ1) is 23.3. The van der Waals surface area contributed by atoms with Crippen LogP contribution in [0.15, 0.2) is 58.2 Å². The summed E-state index contributed by atoms with van der Waals surface area (Å²) in [6.07, 6.45) is 0.743. The number of carbonyl (C=O) groups excluding carboxylic acids is 2. The Bertz CT molecular complexity index is 1070. The summed E-state index contributed by atoms with van der Waals surface area (Å²) in [5.74, 6) is 0.625. The van der Waals surface area contributed by atoms with Gasteiger partial charge in [-0.05, 0) is 37.1 Å². The van der Waals surface area contributed by atoms with E-state index in [2.05, 4.69) is 15.5 Å². The zero-order valence-corrected chi connectivity index (χ0v) is 19.1. The Morgan fingerprint density at radius 1 is 1.12 bits per heavy atom. The van der Waals surface area contributed by atoms with Gasteiger partial charge < -0.3 is 19.4 Å². The van der Waals surface area contributed by atoms with Crippen molar-refractivity contribution in [1.82, 2.24) is 15.1 Å². The Hall–Kier alpha value is -3.33. The Morgan fingerprint density at radius 3 is 2.62 bits per heavy atom. The Balaban J connectivity index is 1.59. The fraction of sp³-hybridized carbons (Fsp3) is 0.304. The molecule has 0 aliphatic rings. The van der Waals surface area contributed by atoms with Gasteiger partial charge in [-0.3, -0.25) is 9.59 Å². The van der Waals surface area contributed by atoms with Gasteiger partial charge in [-0.2, -0.15) is 0 Å². The summed E-state index contributed by atoms with van der Waals surface area (Å²) in [6.45, 7) is 4.35. The van der Waals surface area contributed by atoms with Gasteiger partial charge in [0.25, 0.3) is 11.1 Å². The molecular formula is C23H26N4O4S. The average molecular weight is 455 g/mol. The van der Waals surface area contributed by atoms with Crippen molar-refractivity contribution in [2.75, 3.05) is 31.3 Å². The van der Waals surface area contributed by atoms with Gasteiger partial charge in [0.2, 0.25) is 11.8 Å². The molecule has 0 saturated heterocycles. The maximum absolute atomic E-state index is 12.8. The number of aromatic nitrogens is 2. The summed E-state index contributed by atoms with van der Waals surface area (Å²) in [4.78, 5) is 26.8. The first-order valence-electron chi connectivity index (χ1n) is 10.2. The van der Waals surface area contributed by atoms with Crippen molar-refractivity contribution in [2.24, 2.45) is 0 Å². The third-order valence-corrected chi connectivity index (χ3v) is 5.47. The lowest BCUT2D eigenvalue weighted by atomic mass is 10.2. The smallest absolute Gasteiger partial charge is 0.277 e. The molecule has 2 aromatic carbocycles. The molecule has 3 rings (SSSR count). The topological polar surface area (TPSA) is 97.6 Å². The quantitative estimate of drug-likeness (QED) is 0.462. The second-order valence-electron chi connectivity index (χ2n) is 7.04. The molecule has 0 unspecified atom stereocenters. The van der Waals surface area contributed by atoms with E-state index in [1.807, 2.05) is 56.3 Å². The number of para-hydroxylation sites is 2. The summed E-state index contributed by atoms with van der Waals surface area (Å²) in [7, 11) is 1.57. The molecular weight excluding hydrogens is 428 g/mol. The van der Waals surface area contributed by atoms with Crippen LogP contribution in [-0.4, -0.2) is 52.9 Å². The number of amides is 2. The van der Waals surface area contributed by atoms with Crippen LogP contribution in [0, 0.1) is 6.92 Å². The summed E-state index contributed by atoms with van der Waals surface area (Å²) in [5.41, 5.74) is 2.39. The number of nitrogens with zero attached hydrogens (tertiary/aromatic N) is 3. The number of hydrogen-bond donors (Lipinski definition) is 1. The van der Waals surface area contributed by atoms with Crippen molar-refractivity contribution in [1.29, 1.82) is 0 Å². The first-order chi connectivity index (χ1) is 15.5. The lowest BCUT2D eigenvalue weighted by Crippen LogP contribution is -2.39. The fourth-order valence-electron chi connectivity index (χ4n) is 3.05. The lowest BCUT2D eigenvalue weighted by Gasteiger charge is -2.21. The van der Waals surface area contributed by atoms with Crippen LogP contribution in [-0.2, 0) is 9.59 Å². The van der Waals surface area contributed by atoms with Gasteiger partial charge >= 0.3 is 0 Å². The van der Waals surface area contributed by atoms with E-state index in [1.54, 1.807) is 13.2 Å². The number of hydrogen-bond acceptors (Lipinski definition) is 7. The number of ether oxygens (including phenoxy) is 1. The normalized spacial score (nSPS) is 10.6. The molecule has 0 radical (unpaired) electrons. The largest absolute Gasteiger partial charge is 0.496 e. The van der Waals surface area contributed by atoms with E-state index in [4.69, 9.17) is 9.15 Å². The molecule has 32 heavy (non-hydrogen) atoms. The van der Waals surface area contributed by atoms with Crippen LogP contribution in [0.2, 0.25) is 0 Å². The molecule has 0 bridgehead atoms. The van der Waals surface area contributed by atoms with Crippen molar-refractivity contribution in [3.63, 3.8) is 0 Å². The van der Waals surface area contributed by atoms with E-state index >= 15 is 0 Å².